The summed E-state index contributed by atoms with van der Waals surface area (Å²) in [7, 11) is 0. The Labute approximate surface area is 135 Å². The highest BCUT2D eigenvalue weighted by atomic mass is 79.9. The Morgan fingerprint density at radius 3 is 2.50 bits per heavy atom. The van der Waals surface area contributed by atoms with Gasteiger partial charge in [0.05, 0.1) is 6.21 Å². The molecule has 2 rings (SSSR count). The van der Waals surface area contributed by atoms with Crippen molar-refractivity contribution in [3.8, 4) is 0 Å². The molecule has 1 unspecified atom stereocenters. The Kier molecular flexibility index (Phi) is 5.79. The summed E-state index contributed by atoms with van der Waals surface area (Å²) in [5.74, 6) is -0.374. The zero-order valence-electron chi connectivity index (χ0n) is 11.4. The molecule has 0 spiro atoms. The molecule has 0 aliphatic carbocycles. The first-order chi connectivity index (χ1) is 10.6. The van der Waals surface area contributed by atoms with Gasteiger partial charge in [0.2, 0.25) is 0 Å². The molecule has 0 bridgehead atoms. The number of hydroxylamine groups is 1. The zero-order valence-corrected chi connectivity index (χ0v) is 13.0. The summed E-state index contributed by atoms with van der Waals surface area (Å²) < 4.78 is 0.878. The topological polar surface area (TPSA) is 94.0 Å². The normalized spacial score (nSPS) is 12.3. The van der Waals surface area contributed by atoms with E-state index in [1.807, 2.05) is 24.3 Å². The molecule has 22 heavy (non-hydrogen) atoms. The Balaban J connectivity index is 1.99. The maximum Gasteiger partial charge on any atom is 0.271 e. The van der Waals surface area contributed by atoms with Crippen molar-refractivity contribution >= 4 is 28.1 Å². The molecular weight excluding hydrogens is 350 g/mol. The average Bonchev–Trinajstić information content (AvgIpc) is 2.56. The van der Waals surface area contributed by atoms with Gasteiger partial charge in [-0.25, -0.2) is 5.43 Å². The molecule has 0 aliphatic heterocycles. The van der Waals surface area contributed by atoms with Crippen molar-refractivity contribution in [1.82, 2.24) is 10.9 Å². The number of hydrogen-bond donors (Lipinski definition) is 4. The minimum Gasteiger partial charge on any atom is -0.372 e. The van der Waals surface area contributed by atoms with Crippen molar-refractivity contribution in [1.29, 1.82) is 0 Å². The quantitative estimate of drug-likeness (QED) is 0.372. The molecule has 0 saturated heterocycles. The molecule has 2 aromatic carbocycles. The number of aliphatic hydroxyl groups is 1. The van der Waals surface area contributed by atoms with Crippen molar-refractivity contribution in [2.24, 2.45) is 5.10 Å². The van der Waals surface area contributed by atoms with E-state index in [4.69, 9.17) is 5.21 Å². The highest BCUT2D eigenvalue weighted by Crippen LogP contribution is 2.13. The van der Waals surface area contributed by atoms with E-state index < -0.39 is 6.23 Å². The highest BCUT2D eigenvalue weighted by Gasteiger charge is 2.08. The second-order valence-electron chi connectivity index (χ2n) is 4.37. The van der Waals surface area contributed by atoms with E-state index in [9.17, 15) is 9.90 Å². The molecule has 1 amide bonds. The van der Waals surface area contributed by atoms with Gasteiger partial charge in [-0.3, -0.25) is 4.79 Å². The highest BCUT2D eigenvalue weighted by molar-refractivity contribution is 9.10. The fourth-order valence-electron chi connectivity index (χ4n) is 1.70. The number of hydrazone groups is 1. The smallest absolute Gasteiger partial charge is 0.271 e. The van der Waals surface area contributed by atoms with Crippen LogP contribution in [0.5, 0.6) is 0 Å². The van der Waals surface area contributed by atoms with Crippen LogP contribution in [0.25, 0.3) is 0 Å². The summed E-state index contributed by atoms with van der Waals surface area (Å²) in [5.41, 5.74) is 5.80. The third-order valence-corrected chi connectivity index (χ3v) is 3.61. The largest absolute Gasteiger partial charge is 0.372 e. The van der Waals surface area contributed by atoms with E-state index in [2.05, 4.69) is 26.5 Å². The van der Waals surface area contributed by atoms with Crippen LogP contribution in [0.4, 0.5) is 0 Å². The summed E-state index contributed by atoms with van der Waals surface area (Å²) in [5, 5.41) is 21.9. The van der Waals surface area contributed by atoms with Gasteiger partial charge in [-0.05, 0) is 23.8 Å². The van der Waals surface area contributed by atoms with E-state index in [-0.39, 0.29) is 5.91 Å². The molecule has 114 valence electrons. The molecule has 0 radical (unpaired) electrons. The van der Waals surface area contributed by atoms with Crippen LogP contribution >= 0.6 is 15.9 Å². The number of halogens is 1. The van der Waals surface area contributed by atoms with Gasteiger partial charge in [-0.1, -0.05) is 46.3 Å². The number of benzene rings is 2. The van der Waals surface area contributed by atoms with Crippen molar-refractivity contribution in [3.05, 3.63) is 69.7 Å². The summed E-state index contributed by atoms with van der Waals surface area (Å²) in [4.78, 5) is 11.9. The lowest BCUT2D eigenvalue weighted by molar-refractivity contribution is 0.000692. The Morgan fingerprint density at radius 2 is 1.86 bits per heavy atom. The monoisotopic (exact) mass is 363 g/mol. The van der Waals surface area contributed by atoms with Gasteiger partial charge in [0.1, 0.15) is 0 Å². The Hall–Kier alpha value is -2.06. The van der Waals surface area contributed by atoms with E-state index in [0.29, 0.717) is 11.1 Å². The number of amides is 1. The van der Waals surface area contributed by atoms with Crippen LogP contribution in [0.1, 0.15) is 27.7 Å². The molecular formula is C15H14BrN3O3. The number of carbonyl (C=O) groups is 1. The lowest BCUT2D eigenvalue weighted by atomic mass is 10.1. The number of carbonyl (C=O) groups excluding carboxylic acids is 1. The van der Waals surface area contributed by atoms with Crippen molar-refractivity contribution in [2.45, 2.75) is 6.23 Å². The van der Waals surface area contributed by atoms with E-state index >= 15 is 0 Å². The summed E-state index contributed by atoms with van der Waals surface area (Å²) in [6.45, 7) is 0. The zero-order chi connectivity index (χ0) is 15.9. The number of nitrogens with one attached hydrogen (secondary N) is 2. The summed E-state index contributed by atoms with van der Waals surface area (Å²) in [6.07, 6.45) is 0.348. The Bertz CT molecular complexity index is 674. The van der Waals surface area contributed by atoms with Crippen LogP contribution in [0.3, 0.4) is 0 Å². The van der Waals surface area contributed by atoms with E-state index in [1.165, 1.54) is 30.5 Å². The summed E-state index contributed by atoms with van der Waals surface area (Å²) >= 11 is 3.38. The second-order valence-corrected chi connectivity index (χ2v) is 5.23. The first kappa shape index (κ1) is 16.3. The van der Waals surface area contributed by atoms with E-state index in [1.54, 1.807) is 5.48 Å². The van der Waals surface area contributed by atoms with Gasteiger partial charge in [-0.15, -0.1) is 0 Å². The lowest BCUT2D eigenvalue weighted by Gasteiger charge is -2.08. The fraction of sp³-hybridized carbons (Fsp3) is 0.0667. The van der Waals surface area contributed by atoms with Crippen LogP contribution in [0, 0.1) is 0 Å². The predicted molar refractivity (Wildman–Crippen MR) is 85.5 cm³/mol. The molecule has 0 aromatic heterocycles. The fourth-order valence-corrected chi connectivity index (χ4v) is 2.08. The number of hydrogen-bond acceptors (Lipinski definition) is 5. The van der Waals surface area contributed by atoms with Crippen LogP contribution in [0.2, 0.25) is 0 Å². The van der Waals surface area contributed by atoms with Gasteiger partial charge >= 0.3 is 0 Å². The second kappa shape index (κ2) is 7.81. The van der Waals surface area contributed by atoms with Crippen LogP contribution in [-0.4, -0.2) is 22.4 Å². The molecule has 2 aromatic rings. The van der Waals surface area contributed by atoms with Crippen LogP contribution in [-0.2, 0) is 0 Å². The van der Waals surface area contributed by atoms with Gasteiger partial charge in [0, 0.05) is 15.6 Å². The molecule has 0 heterocycles. The predicted octanol–water partition coefficient (Wildman–Crippen LogP) is 2.18. The molecule has 0 fully saturated rings. The number of nitrogens with zero attached hydrogens (tertiary/aromatic N) is 1. The van der Waals surface area contributed by atoms with Crippen molar-refractivity contribution in [3.63, 3.8) is 0 Å². The third kappa shape index (κ3) is 4.22. The minimum atomic E-state index is -1.19. The molecule has 0 saturated carbocycles. The maximum absolute atomic E-state index is 11.9. The SMILES string of the molecule is O=C(N/N=C/c1ccccc1Br)c1ccc(C(O)NO)cc1. The van der Waals surface area contributed by atoms with Crippen LogP contribution in [0.15, 0.2) is 58.1 Å². The van der Waals surface area contributed by atoms with Gasteiger partial charge in [-0.2, -0.15) is 10.6 Å². The van der Waals surface area contributed by atoms with Gasteiger partial charge in [0.25, 0.3) is 5.91 Å². The average molecular weight is 364 g/mol. The molecule has 4 N–H and O–H groups in total. The molecule has 1 atom stereocenters. The third-order valence-electron chi connectivity index (χ3n) is 2.89. The lowest BCUT2D eigenvalue weighted by Crippen LogP contribution is -2.19. The van der Waals surface area contributed by atoms with E-state index in [0.717, 1.165) is 10.0 Å². The number of aliphatic hydroxyl groups excluding tert-OH is 1. The minimum absolute atomic E-state index is 0.374. The van der Waals surface area contributed by atoms with Crippen molar-refractivity contribution in [2.75, 3.05) is 0 Å². The standard InChI is InChI=1S/C15H14BrN3O3/c16-13-4-2-1-3-12(13)9-17-18-14(20)10-5-7-11(8-6-10)15(21)19-22/h1-9,15,19,21-22H,(H,18,20)/b17-9+. The summed E-state index contributed by atoms with van der Waals surface area (Å²) in [6, 6.07) is 13.6. The van der Waals surface area contributed by atoms with Crippen LogP contribution < -0.4 is 10.9 Å². The van der Waals surface area contributed by atoms with Gasteiger partial charge in [0.15, 0.2) is 6.23 Å². The molecule has 7 heteroatoms. The van der Waals surface area contributed by atoms with Gasteiger partial charge < -0.3 is 10.3 Å². The number of rotatable bonds is 5. The first-order valence-electron chi connectivity index (χ1n) is 6.37. The van der Waals surface area contributed by atoms with Crippen molar-refractivity contribution < 1.29 is 15.1 Å². The maximum atomic E-state index is 11.9. The first-order valence-corrected chi connectivity index (χ1v) is 7.16. The Morgan fingerprint density at radius 1 is 1.18 bits per heavy atom. The molecule has 0 aliphatic rings. The molecule has 6 nitrogen and oxygen atoms in total.